The van der Waals surface area contributed by atoms with Crippen molar-refractivity contribution in [3.63, 3.8) is 0 Å². The van der Waals surface area contributed by atoms with Crippen molar-refractivity contribution in [1.29, 1.82) is 0 Å². The third-order valence-electron chi connectivity index (χ3n) is 1.79. The van der Waals surface area contributed by atoms with Gasteiger partial charge in [0.25, 0.3) is 0 Å². The van der Waals surface area contributed by atoms with Crippen molar-refractivity contribution in [2.75, 3.05) is 0 Å². The average molecular weight is 138 g/mol. The normalized spacial score (nSPS) is 48.5. The zero-order valence-corrected chi connectivity index (χ0v) is 5.15. The number of carbonyl (C=O) groups excluding carboxylic acids is 1. The maximum Gasteiger partial charge on any atom is 0.228 e. The minimum atomic E-state index is -1.34. The highest BCUT2D eigenvalue weighted by molar-refractivity contribution is 5.75. The van der Waals surface area contributed by atoms with Crippen molar-refractivity contribution < 1.29 is 14.6 Å². The third kappa shape index (κ3) is 0.450. The zero-order valence-electron chi connectivity index (χ0n) is 5.15. The minimum absolute atomic E-state index is 0.604. The maximum absolute atomic E-state index is 10.4. The molecule has 10 heavy (non-hydrogen) atoms. The second kappa shape index (κ2) is 1.38. The van der Waals surface area contributed by atoms with Gasteiger partial charge in [0, 0.05) is 0 Å². The van der Waals surface area contributed by atoms with Gasteiger partial charge in [-0.3, -0.25) is 4.79 Å². The Labute approximate surface area is 57.6 Å². The molecule has 2 rings (SSSR count). The molecule has 2 unspecified atom stereocenters. The molecule has 1 N–H and O–H groups in total. The van der Waals surface area contributed by atoms with Crippen molar-refractivity contribution in [1.82, 2.24) is 0 Å². The molecule has 0 radical (unpaired) electrons. The van der Waals surface area contributed by atoms with E-state index in [1.165, 1.54) is 6.08 Å². The van der Waals surface area contributed by atoms with Crippen LogP contribution in [0.25, 0.3) is 0 Å². The number of allylic oxidation sites excluding steroid dienone is 2. The van der Waals surface area contributed by atoms with Crippen molar-refractivity contribution in [3.8, 4) is 0 Å². The van der Waals surface area contributed by atoms with Gasteiger partial charge < -0.3 is 9.84 Å². The number of carbonyl (C=O) groups is 1. The molecule has 2 aliphatic rings. The van der Waals surface area contributed by atoms with Gasteiger partial charge in [0.05, 0.1) is 0 Å². The summed E-state index contributed by atoms with van der Waals surface area (Å²) in [4.78, 5) is 10.4. The molecule has 2 atom stereocenters. The van der Waals surface area contributed by atoms with E-state index in [-0.39, 0.29) is 0 Å². The van der Waals surface area contributed by atoms with Gasteiger partial charge in [-0.05, 0) is 12.2 Å². The molecule has 0 saturated carbocycles. The van der Waals surface area contributed by atoms with E-state index in [0.717, 1.165) is 0 Å². The van der Waals surface area contributed by atoms with E-state index in [9.17, 15) is 9.90 Å². The highest BCUT2D eigenvalue weighted by Gasteiger charge is 2.68. The molecule has 0 amide bonds. The smallest absolute Gasteiger partial charge is 0.228 e. The monoisotopic (exact) mass is 138 g/mol. The molecule has 1 aliphatic heterocycles. The van der Waals surface area contributed by atoms with Crippen LogP contribution >= 0.6 is 0 Å². The lowest BCUT2D eigenvalue weighted by molar-refractivity contribution is -0.111. The molecule has 3 nitrogen and oxygen atoms in total. The van der Waals surface area contributed by atoms with Crippen LogP contribution in [0.1, 0.15) is 0 Å². The highest BCUT2D eigenvalue weighted by atomic mass is 16.8. The molecular formula is C7H6O3. The fourth-order valence-electron chi connectivity index (χ4n) is 1.08. The predicted octanol–water partition coefficient (Wildman–Crippen LogP) is -0.231. The zero-order chi connectivity index (χ0) is 7.24. The molecule has 0 aromatic heterocycles. The van der Waals surface area contributed by atoms with Gasteiger partial charge in [-0.2, -0.15) is 0 Å². The fourth-order valence-corrected chi connectivity index (χ4v) is 1.08. The highest BCUT2D eigenvalue weighted by Crippen LogP contribution is 2.48. The molecule has 1 aliphatic carbocycles. The number of rotatable bonds is 1. The molecule has 0 bridgehead atoms. The van der Waals surface area contributed by atoms with Crippen LogP contribution in [0.15, 0.2) is 24.3 Å². The molecule has 1 saturated heterocycles. The summed E-state index contributed by atoms with van der Waals surface area (Å²) >= 11 is 0. The Morgan fingerprint density at radius 3 is 2.60 bits per heavy atom. The number of hydrogen-bond donors (Lipinski definition) is 1. The van der Waals surface area contributed by atoms with Crippen LogP contribution in [-0.2, 0) is 9.53 Å². The number of aldehydes is 1. The van der Waals surface area contributed by atoms with E-state index < -0.39 is 11.4 Å². The number of ether oxygens (including phenoxy) is 1. The topological polar surface area (TPSA) is 49.8 Å². The molecular weight excluding hydrogens is 132 g/mol. The van der Waals surface area contributed by atoms with E-state index in [1.807, 2.05) is 0 Å². The van der Waals surface area contributed by atoms with Crippen LogP contribution in [0, 0.1) is 0 Å². The Morgan fingerprint density at radius 1 is 1.40 bits per heavy atom. The van der Waals surface area contributed by atoms with E-state index in [4.69, 9.17) is 4.74 Å². The van der Waals surface area contributed by atoms with Gasteiger partial charge in [-0.25, -0.2) is 0 Å². The van der Waals surface area contributed by atoms with Gasteiger partial charge >= 0.3 is 0 Å². The summed E-state index contributed by atoms with van der Waals surface area (Å²) in [5.74, 6) is -1.34. The van der Waals surface area contributed by atoms with Gasteiger partial charge in [-0.15, -0.1) is 0 Å². The SMILES string of the molecule is O=CC12C=CC=CC1(O)O2. The first-order valence-corrected chi connectivity index (χ1v) is 2.98. The Balaban J connectivity index is 2.41. The van der Waals surface area contributed by atoms with Crippen molar-refractivity contribution in [2.45, 2.75) is 11.4 Å². The average Bonchev–Trinajstić information content (AvgIpc) is 2.56. The summed E-state index contributed by atoms with van der Waals surface area (Å²) in [7, 11) is 0. The molecule has 1 fully saturated rings. The molecule has 0 aromatic carbocycles. The summed E-state index contributed by atoms with van der Waals surface area (Å²) in [6.07, 6.45) is 6.93. The van der Waals surface area contributed by atoms with Gasteiger partial charge in [0.2, 0.25) is 11.4 Å². The van der Waals surface area contributed by atoms with Gasteiger partial charge in [0.15, 0.2) is 6.29 Å². The number of aliphatic hydroxyl groups is 1. The Bertz CT molecular complexity index is 243. The summed E-state index contributed by atoms with van der Waals surface area (Å²) in [6, 6.07) is 0. The van der Waals surface area contributed by atoms with Gasteiger partial charge in [-0.1, -0.05) is 12.2 Å². The largest absolute Gasteiger partial charge is 0.359 e. The van der Waals surface area contributed by atoms with Crippen LogP contribution in [0.5, 0.6) is 0 Å². The standard InChI is InChI=1S/C7H6O3/c8-5-6-3-1-2-4-7(6,9)10-6/h1-5,9H. The van der Waals surface area contributed by atoms with E-state index in [0.29, 0.717) is 6.29 Å². The number of hydrogen-bond acceptors (Lipinski definition) is 3. The van der Waals surface area contributed by atoms with Crippen LogP contribution in [0.2, 0.25) is 0 Å². The van der Waals surface area contributed by atoms with Crippen molar-refractivity contribution >= 4 is 6.29 Å². The summed E-state index contributed by atoms with van der Waals surface area (Å²) < 4.78 is 4.82. The van der Waals surface area contributed by atoms with Crippen LogP contribution in [0.3, 0.4) is 0 Å². The summed E-state index contributed by atoms with van der Waals surface area (Å²) in [5, 5.41) is 9.31. The first-order chi connectivity index (χ1) is 4.72. The van der Waals surface area contributed by atoms with Gasteiger partial charge in [0.1, 0.15) is 0 Å². The summed E-state index contributed by atoms with van der Waals surface area (Å²) in [6.45, 7) is 0. The lowest BCUT2D eigenvalue weighted by Crippen LogP contribution is -2.24. The van der Waals surface area contributed by atoms with E-state index >= 15 is 0 Å². The molecule has 0 aromatic rings. The lowest BCUT2D eigenvalue weighted by Gasteiger charge is -2.02. The van der Waals surface area contributed by atoms with Crippen molar-refractivity contribution in [3.05, 3.63) is 24.3 Å². The second-order valence-corrected chi connectivity index (χ2v) is 2.43. The first-order valence-electron chi connectivity index (χ1n) is 2.98. The van der Waals surface area contributed by atoms with Crippen LogP contribution in [0.4, 0.5) is 0 Å². The Morgan fingerprint density at radius 2 is 2.10 bits per heavy atom. The molecule has 52 valence electrons. The molecule has 3 heteroatoms. The van der Waals surface area contributed by atoms with Crippen LogP contribution in [-0.4, -0.2) is 22.8 Å². The molecule has 0 spiro atoms. The Kier molecular flexibility index (Phi) is 0.806. The Hall–Kier alpha value is -0.930. The predicted molar refractivity (Wildman–Crippen MR) is 33.1 cm³/mol. The number of fused-ring (bicyclic) bond motifs is 1. The van der Waals surface area contributed by atoms with E-state index in [1.54, 1.807) is 18.2 Å². The van der Waals surface area contributed by atoms with Crippen LogP contribution < -0.4 is 0 Å². The maximum atomic E-state index is 10.4. The lowest BCUT2D eigenvalue weighted by atomic mass is 10.00. The molecule has 1 heterocycles. The van der Waals surface area contributed by atoms with E-state index in [2.05, 4.69) is 0 Å². The van der Waals surface area contributed by atoms with Crippen molar-refractivity contribution in [2.24, 2.45) is 0 Å². The minimum Gasteiger partial charge on any atom is -0.359 e. The first kappa shape index (κ1) is 5.82. The fraction of sp³-hybridized carbons (Fsp3) is 0.286. The quantitative estimate of drug-likeness (QED) is 0.402. The number of epoxide rings is 1. The summed E-state index contributed by atoms with van der Waals surface area (Å²) in [5.41, 5.74) is -1.07. The third-order valence-corrected chi connectivity index (χ3v) is 1.79. The second-order valence-electron chi connectivity index (χ2n) is 2.43.